The first-order valence-corrected chi connectivity index (χ1v) is 7.87. The second-order valence-corrected chi connectivity index (χ2v) is 5.97. The lowest BCUT2D eigenvalue weighted by Crippen LogP contribution is -2.32. The van der Waals surface area contributed by atoms with E-state index in [1.807, 2.05) is 19.9 Å². The molecule has 0 bridgehead atoms. The van der Waals surface area contributed by atoms with Crippen LogP contribution < -0.4 is 10.7 Å². The minimum Gasteiger partial charge on any atom is -0.507 e. The van der Waals surface area contributed by atoms with E-state index < -0.39 is 11.8 Å². The summed E-state index contributed by atoms with van der Waals surface area (Å²) in [5, 5.41) is 15.7. The molecule has 0 unspecified atom stereocenters. The van der Waals surface area contributed by atoms with Gasteiger partial charge in [-0.15, -0.1) is 0 Å². The van der Waals surface area contributed by atoms with Crippen LogP contribution >= 0.6 is 15.9 Å². The van der Waals surface area contributed by atoms with E-state index in [1.54, 1.807) is 24.3 Å². The highest BCUT2D eigenvalue weighted by atomic mass is 79.9. The van der Waals surface area contributed by atoms with Crippen LogP contribution in [0.15, 0.2) is 46.0 Å². The van der Waals surface area contributed by atoms with E-state index in [1.165, 1.54) is 12.3 Å². The zero-order valence-corrected chi connectivity index (χ0v) is 14.7. The molecule has 0 aliphatic rings. The lowest BCUT2D eigenvalue weighted by Gasteiger charge is -2.09. The zero-order chi connectivity index (χ0) is 17.7. The first-order chi connectivity index (χ1) is 11.4. The van der Waals surface area contributed by atoms with Gasteiger partial charge in [0.15, 0.2) is 0 Å². The zero-order valence-electron chi connectivity index (χ0n) is 13.1. The van der Waals surface area contributed by atoms with E-state index in [2.05, 4.69) is 31.8 Å². The monoisotopic (exact) mass is 389 g/mol. The quantitative estimate of drug-likeness (QED) is 0.428. The van der Waals surface area contributed by atoms with Crippen LogP contribution in [-0.2, 0) is 9.59 Å². The molecule has 0 aromatic heterocycles. The summed E-state index contributed by atoms with van der Waals surface area (Å²) in [7, 11) is 0. The number of hydrazone groups is 1. The molecule has 6 nitrogen and oxygen atoms in total. The molecule has 2 rings (SSSR count). The number of nitrogens with zero attached hydrogens (tertiary/aromatic N) is 1. The van der Waals surface area contributed by atoms with E-state index in [0.717, 1.165) is 11.1 Å². The number of hydrogen-bond donors (Lipinski definition) is 3. The van der Waals surface area contributed by atoms with Crippen LogP contribution in [0.2, 0.25) is 0 Å². The minimum absolute atomic E-state index is 0.101. The van der Waals surface area contributed by atoms with Gasteiger partial charge in [0.2, 0.25) is 0 Å². The Kier molecular flexibility index (Phi) is 5.70. The van der Waals surface area contributed by atoms with Crippen molar-refractivity contribution in [1.29, 1.82) is 0 Å². The van der Waals surface area contributed by atoms with Crippen molar-refractivity contribution in [3.8, 4) is 5.75 Å². The van der Waals surface area contributed by atoms with Crippen LogP contribution in [0.5, 0.6) is 5.75 Å². The number of hydrogen-bond acceptors (Lipinski definition) is 4. The average molecular weight is 390 g/mol. The molecule has 0 spiro atoms. The van der Waals surface area contributed by atoms with Gasteiger partial charge in [0.1, 0.15) is 5.75 Å². The number of aryl methyl sites for hydroxylation is 1. The number of phenols is 1. The van der Waals surface area contributed by atoms with E-state index in [9.17, 15) is 14.7 Å². The summed E-state index contributed by atoms with van der Waals surface area (Å²) >= 11 is 3.18. The Morgan fingerprint density at radius 2 is 1.92 bits per heavy atom. The maximum absolute atomic E-state index is 11.9. The fourth-order valence-electron chi connectivity index (χ4n) is 1.89. The predicted molar refractivity (Wildman–Crippen MR) is 96.1 cm³/mol. The van der Waals surface area contributed by atoms with Crippen LogP contribution in [0.25, 0.3) is 0 Å². The Morgan fingerprint density at radius 1 is 1.17 bits per heavy atom. The van der Waals surface area contributed by atoms with Crippen LogP contribution in [0.3, 0.4) is 0 Å². The first kappa shape index (κ1) is 17.7. The summed E-state index contributed by atoms with van der Waals surface area (Å²) in [4.78, 5) is 23.6. The molecular weight excluding hydrogens is 374 g/mol. The van der Waals surface area contributed by atoms with Gasteiger partial charge in [0, 0.05) is 5.69 Å². The summed E-state index contributed by atoms with van der Waals surface area (Å²) in [5.41, 5.74) is 5.31. The van der Waals surface area contributed by atoms with Crippen molar-refractivity contribution in [2.24, 2.45) is 5.10 Å². The molecule has 0 radical (unpaired) electrons. The minimum atomic E-state index is -0.870. The molecule has 0 atom stereocenters. The van der Waals surface area contributed by atoms with Crippen molar-refractivity contribution >= 4 is 39.6 Å². The molecule has 0 aliphatic heterocycles. The first-order valence-electron chi connectivity index (χ1n) is 7.07. The number of anilines is 1. The smallest absolute Gasteiger partial charge is 0.329 e. The van der Waals surface area contributed by atoms with E-state index in [0.29, 0.717) is 15.7 Å². The van der Waals surface area contributed by atoms with Gasteiger partial charge in [-0.25, -0.2) is 5.43 Å². The van der Waals surface area contributed by atoms with Gasteiger partial charge < -0.3 is 10.4 Å². The molecule has 7 heteroatoms. The molecule has 2 amide bonds. The molecule has 0 heterocycles. The van der Waals surface area contributed by atoms with Crippen molar-refractivity contribution < 1.29 is 14.7 Å². The van der Waals surface area contributed by atoms with Crippen molar-refractivity contribution in [1.82, 2.24) is 5.43 Å². The highest BCUT2D eigenvalue weighted by Gasteiger charge is 2.14. The highest BCUT2D eigenvalue weighted by molar-refractivity contribution is 9.10. The molecule has 0 fully saturated rings. The molecule has 2 aromatic carbocycles. The molecule has 124 valence electrons. The van der Waals surface area contributed by atoms with Crippen LogP contribution in [-0.4, -0.2) is 23.1 Å². The maximum Gasteiger partial charge on any atom is 0.329 e. The topological polar surface area (TPSA) is 90.8 Å². The van der Waals surface area contributed by atoms with Gasteiger partial charge in [-0.1, -0.05) is 12.1 Å². The molecule has 24 heavy (non-hydrogen) atoms. The van der Waals surface area contributed by atoms with Crippen LogP contribution in [0, 0.1) is 13.8 Å². The van der Waals surface area contributed by atoms with E-state index in [4.69, 9.17) is 0 Å². The molecule has 2 aromatic rings. The maximum atomic E-state index is 11.9. The van der Waals surface area contributed by atoms with Crippen molar-refractivity contribution in [2.45, 2.75) is 13.8 Å². The van der Waals surface area contributed by atoms with Gasteiger partial charge in [-0.3, -0.25) is 9.59 Å². The Labute approximate surface area is 147 Å². The third-order valence-corrected chi connectivity index (χ3v) is 4.05. The van der Waals surface area contributed by atoms with Gasteiger partial charge in [0.25, 0.3) is 0 Å². The Balaban J connectivity index is 1.96. The number of aromatic hydroxyl groups is 1. The van der Waals surface area contributed by atoms with Crippen molar-refractivity contribution in [3.63, 3.8) is 0 Å². The summed E-state index contributed by atoms with van der Waals surface area (Å²) < 4.78 is 0.505. The standard InChI is InChI=1S/C17H16BrN3O3/c1-10-4-3-5-14(11(10)2)20-16(23)17(24)21-19-9-12-6-7-15(22)13(18)8-12/h3-9,22H,1-2H3,(H,20,23)(H,21,24)/b19-9+. The summed E-state index contributed by atoms with van der Waals surface area (Å²) in [5.74, 6) is -1.57. The third-order valence-electron chi connectivity index (χ3n) is 3.41. The number of amides is 2. The number of rotatable bonds is 3. The second kappa shape index (κ2) is 7.74. The fourth-order valence-corrected chi connectivity index (χ4v) is 2.28. The molecular formula is C17H16BrN3O3. The predicted octanol–water partition coefficient (Wildman–Crippen LogP) is 2.86. The molecule has 0 aliphatic carbocycles. The number of phenolic OH excluding ortho intramolecular Hbond substituents is 1. The Hall–Kier alpha value is -2.67. The number of benzene rings is 2. The van der Waals surface area contributed by atoms with Crippen molar-refractivity contribution in [3.05, 3.63) is 57.6 Å². The van der Waals surface area contributed by atoms with Gasteiger partial charge in [-0.2, -0.15) is 5.10 Å². The number of carbonyl (C=O) groups is 2. The summed E-state index contributed by atoms with van der Waals surface area (Å²) in [6.07, 6.45) is 1.37. The normalized spacial score (nSPS) is 10.6. The summed E-state index contributed by atoms with van der Waals surface area (Å²) in [6, 6.07) is 10.2. The lowest BCUT2D eigenvalue weighted by atomic mass is 10.1. The third kappa shape index (κ3) is 4.42. The van der Waals surface area contributed by atoms with Gasteiger partial charge in [0.05, 0.1) is 10.7 Å². The number of halogens is 1. The highest BCUT2D eigenvalue weighted by Crippen LogP contribution is 2.23. The molecule has 0 saturated heterocycles. The average Bonchev–Trinajstić information content (AvgIpc) is 2.55. The number of carbonyl (C=O) groups excluding carboxylic acids is 2. The van der Waals surface area contributed by atoms with Gasteiger partial charge >= 0.3 is 11.8 Å². The van der Waals surface area contributed by atoms with E-state index in [-0.39, 0.29) is 5.75 Å². The number of nitrogens with one attached hydrogen (secondary N) is 2. The lowest BCUT2D eigenvalue weighted by molar-refractivity contribution is -0.136. The SMILES string of the molecule is Cc1cccc(NC(=O)C(=O)N/N=C/c2ccc(O)c(Br)c2)c1C. The molecule has 0 saturated carbocycles. The molecule has 3 N–H and O–H groups in total. The van der Waals surface area contributed by atoms with Gasteiger partial charge in [-0.05, 0) is 70.7 Å². The van der Waals surface area contributed by atoms with Crippen LogP contribution in [0.4, 0.5) is 5.69 Å². The fraction of sp³-hybridized carbons (Fsp3) is 0.118. The Bertz CT molecular complexity index is 819. The summed E-state index contributed by atoms with van der Waals surface area (Å²) in [6.45, 7) is 3.79. The van der Waals surface area contributed by atoms with Crippen LogP contribution in [0.1, 0.15) is 16.7 Å². The Morgan fingerprint density at radius 3 is 2.62 bits per heavy atom. The second-order valence-electron chi connectivity index (χ2n) is 5.11. The van der Waals surface area contributed by atoms with E-state index >= 15 is 0 Å². The largest absolute Gasteiger partial charge is 0.507 e. The van der Waals surface area contributed by atoms with Crippen molar-refractivity contribution in [2.75, 3.05) is 5.32 Å².